The highest BCUT2D eigenvalue weighted by Gasteiger charge is 2.14. The van der Waals surface area contributed by atoms with Gasteiger partial charge in [0.25, 0.3) is 0 Å². The fraction of sp³-hybridized carbons (Fsp3) is 0.0435. The Hall–Kier alpha value is -3.68. The van der Waals surface area contributed by atoms with Gasteiger partial charge < -0.3 is 15.6 Å². The maximum Gasteiger partial charge on any atom is 0.316 e. The summed E-state index contributed by atoms with van der Waals surface area (Å²) in [6.45, 7) is -0.387. The van der Waals surface area contributed by atoms with Gasteiger partial charge in [-0.1, -0.05) is 29.8 Å². The molecule has 0 radical (unpaired) electrons. The monoisotopic (exact) mass is 437 g/mol. The van der Waals surface area contributed by atoms with E-state index in [0.717, 1.165) is 11.1 Å². The predicted molar refractivity (Wildman–Crippen MR) is 117 cm³/mol. The van der Waals surface area contributed by atoms with Crippen LogP contribution in [0.5, 0.6) is 11.5 Å². The molecule has 4 rings (SSSR count). The molecule has 0 fully saturated rings. The molecular weight excluding hydrogens is 421 g/mol. The SMILES string of the molecule is Nc1cnn(-c2ccc(Cl)cc2)c(=O)c1Oc1ccc(-c2ccc(F)c(CO)c2)cc1. The molecule has 0 saturated carbocycles. The normalized spacial score (nSPS) is 10.8. The third-order valence-electron chi connectivity index (χ3n) is 4.66. The molecule has 0 bridgehead atoms. The largest absolute Gasteiger partial charge is 0.449 e. The van der Waals surface area contributed by atoms with Crippen LogP contribution >= 0.6 is 11.6 Å². The maximum atomic E-state index is 13.6. The van der Waals surface area contributed by atoms with Crippen LogP contribution in [0.3, 0.4) is 0 Å². The van der Waals surface area contributed by atoms with Crippen molar-refractivity contribution in [3.05, 3.63) is 99.7 Å². The van der Waals surface area contributed by atoms with Crippen LogP contribution in [0.15, 0.2) is 77.7 Å². The van der Waals surface area contributed by atoms with E-state index >= 15 is 0 Å². The van der Waals surface area contributed by atoms with Crippen LogP contribution in [-0.2, 0) is 6.61 Å². The van der Waals surface area contributed by atoms with Gasteiger partial charge in [0.2, 0.25) is 5.75 Å². The number of halogens is 2. The van der Waals surface area contributed by atoms with Gasteiger partial charge in [-0.05, 0) is 59.7 Å². The number of aromatic nitrogens is 2. The number of anilines is 1. The first-order chi connectivity index (χ1) is 15.0. The Morgan fingerprint density at radius 2 is 1.71 bits per heavy atom. The Morgan fingerprint density at radius 3 is 2.39 bits per heavy atom. The van der Waals surface area contributed by atoms with Gasteiger partial charge in [-0.2, -0.15) is 9.78 Å². The van der Waals surface area contributed by atoms with Gasteiger partial charge in [-0.25, -0.2) is 4.39 Å². The van der Waals surface area contributed by atoms with Crippen LogP contribution in [0.1, 0.15) is 5.56 Å². The number of hydrogen-bond donors (Lipinski definition) is 2. The number of aliphatic hydroxyl groups excluding tert-OH is 1. The van der Waals surface area contributed by atoms with Crippen LogP contribution < -0.4 is 16.0 Å². The molecule has 0 unspecified atom stereocenters. The molecule has 0 spiro atoms. The smallest absolute Gasteiger partial charge is 0.316 e. The Kier molecular flexibility index (Phi) is 5.70. The zero-order valence-corrected chi connectivity index (χ0v) is 16.9. The van der Waals surface area contributed by atoms with Crippen molar-refractivity contribution in [3.63, 3.8) is 0 Å². The van der Waals surface area contributed by atoms with Crippen LogP contribution in [0.25, 0.3) is 16.8 Å². The summed E-state index contributed by atoms with van der Waals surface area (Å²) in [5, 5.41) is 13.9. The number of ether oxygens (including phenoxy) is 1. The third kappa shape index (κ3) is 4.28. The fourth-order valence-corrected chi connectivity index (χ4v) is 3.15. The molecule has 3 N–H and O–H groups in total. The van der Waals surface area contributed by atoms with Crippen molar-refractivity contribution in [1.29, 1.82) is 0 Å². The van der Waals surface area contributed by atoms with Crippen molar-refractivity contribution in [3.8, 4) is 28.3 Å². The lowest BCUT2D eigenvalue weighted by atomic mass is 10.0. The average Bonchev–Trinajstić information content (AvgIpc) is 2.78. The minimum atomic E-state index is -0.516. The van der Waals surface area contributed by atoms with Gasteiger partial charge in [0.05, 0.1) is 18.5 Å². The quantitative estimate of drug-likeness (QED) is 0.477. The summed E-state index contributed by atoms with van der Waals surface area (Å²) in [5.41, 5.74) is 7.78. The van der Waals surface area contributed by atoms with Crippen LogP contribution in [-0.4, -0.2) is 14.9 Å². The molecule has 8 heteroatoms. The molecule has 0 amide bonds. The van der Waals surface area contributed by atoms with Crippen molar-refractivity contribution in [2.75, 3.05) is 5.73 Å². The Labute approximate surface area is 181 Å². The first-order valence-corrected chi connectivity index (χ1v) is 9.65. The number of benzene rings is 3. The van der Waals surface area contributed by atoms with E-state index in [1.807, 2.05) is 0 Å². The van der Waals surface area contributed by atoms with Gasteiger partial charge in [-0.15, -0.1) is 0 Å². The predicted octanol–water partition coefficient (Wildman–Crippen LogP) is 4.56. The Bertz CT molecular complexity index is 1290. The number of rotatable bonds is 5. The van der Waals surface area contributed by atoms with E-state index in [1.54, 1.807) is 60.7 Å². The minimum Gasteiger partial charge on any atom is -0.449 e. The molecule has 1 heterocycles. The van der Waals surface area contributed by atoms with E-state index < -0.39 is 11.4 Å². The summed E-state index contributed by atoms with van der Waals surface area (Å²) in [5.74, 6) is -0.121. The van der Waals surface area contributed by atoms with E-state index in [4.69, 9.17) is 22.1 Å². The summed E-state index contributed by atoms with van der Waals surface area (Å²) < 4.78 is 20.5. The van der Waals surface area contributed by atoms with Crippen molar-refractivity contribution >= 4 is 17.3 Å². The molecule has 3 aromatic carbocycles. The van der Waals surface area contributed by atoms with Gasteiger partial charge in [0.15, 0.2) is 0 Å². The molecule has 1 aromatic heterocycles. The number of nitrogens with zero attached hydrogens (tertiary/aromatic N) is 2. The minimum absolute atomic E-state index is 0.0537. The molecule has 0 aliphatic rings. The summed E-state index contributed by atoms with van der Waals surface area (Å²) in [4.78, 5) is 12.9. The van der Waals surface area contributed by atoms with Gasteiger partial charge >= 0.3 is 5.56 Å². The molecule has 156 valence electrons. The highest BCUT2D eigenvalue weighted by atomic mass is 35.5. The van der Waals surface area contributed by atoms with Crippen LogP contribution in [0.2, 0.25) is 5.02 Å². The lowest BCUT2D eigenvalue weighted by Gasteiger charge is -2.11. The van der Waals surface area contributed by atoms with Crippen molar-refractivity contribution in [1.82, 2.24) is 9.78 Å². The molecule has 4 aromatic rings. The molecule has 6 nitrogen and oxygen atoms in total. The van der Waals surface area contributed by atoms with E-state index in [9.17, 15) is 14.3 Å². The lowest BCUT2D eigenvalue weighted by molar-refractivity contribution is 0.276. The molecule has 0 aliphatic heterocycles. The molecule has 0 saturated heterocycles. The van der Waals surface area contributed by atoms with Gasteiger partial charge in [0.1, 0.15) is 17.3 Å². The summed E-state index contributed by atoms with van der Waals surface area (Å²) in [6, 6.07) is 18.0. The van der Waals surface area contributed by atoms with E-state index in [2.05, 4.69) is 5.10 Å². The van der Waals surface area contributed by atoms with Gasteiger partial charge in [-0.3, -0.25) is 4.79 Å². The summed E-state index contributed by atoms with van der Waals surface area (Å²) in [7, 11) is 0. The molecule has 0 aliphatic carbocycles. The molecular formula is C23H17ClFN3O3. The van der Waals surface area contributed by atoms with Gasteiger partial charge in [0, 0.05) is 10.6 Å². The highest BCUT2D eigenvalue weighted by Crippen LogP contribution is 2.28. The van der Waals surface area contributed by atoms with Crippen molar-refractivity contribution in [2.24, 2.45) is 0 Å². The van der Waals surface area contributed by atoms with Crippen LogP contribution in [0, 0.1) is 5.82 Å². The van der Waals surface area contributed by atoms with E-state index in [-0.39, 0.29) is 23.6 Å². The second-order valence-electron chi connectivity index (χ2n) is 6.71. The van der Waals surface area contributed by atoms with Crippen molar-refractivity contribution in [2.45, 2.75) is 6.61 Å². The second kappa shape index (κ2) is 8.59. The van der Waals surface area contributed by atoms with E-state index in [1.165, 1.54) is 16.9 Å². The highest BCUT2D eigenvalue weighted by molar-refractivity contribution is 6.30. The Balaban J connectivity index is 1.63. The molecule has 31 heavy (non-hydrogen) atoms. The van der Waals surface area contributed by atoms with E-state index in [0.29, 0.717) is 16.5 Å². The lowest BCUT2D eigenvalue weighted by Crippen LogP contribution is -2.23. The standard InChI is InChI=1S/C23H17ClFN3O3/c24-17-4-6-18(7-5-17)28-23(30)22(21(26)12-27-28)31-19-8-1-14(2-9-19)15-3-10-20(25)16(11-15)13-29/h1-12,29H,13,26H2. The topological polar surface area (TPSA) is 90.4 Å². The maximum absolute atomic E-state index is 13.6. The van der Waals surface area contributed by atoms with Crippen LogP contribution in [0.4, 0.5) is 10.1 Å². The first kappa shape index (κ1) is 20.6. The number of aliphatic hydroxyl groups is 1. The number of nitrogen functional groups attached to an aromatic ring is 1. The Morgan fingerprint density at radius 1 is 1.03 bits per heavy atom. The summed E-state index contributed by atoms with van der Waals surface area (Å²) >= 11 is 5.90. The first-order valence-electron chi connectivity index (χ1n) is 9.27. The average molecular weight is 438 g/mol. The van der Waals surface area contributed by atoms with Crippen molar-refractivity contribution < 1.29 is 14.2 Å². The fourth-order valence-electron chi connectivity index (χ4n) is 3.03. The molecule has 0 atom stereocenters. The number of nitrogens with two attached hydrogens (primary N) is 1. The zero-order valence-electron chi connectivity index (χ0n) is 16.1. The number of hydrogen-bond acceptors (Lipinski definition) is 5. The zero-order chi connectivity index (χ0) is 22.0. The second-order valence-corrected chi connectivity index (χ2v) is 7.15. The third-order valence-corrected chi connectivity index (χ3v) is 4.91. The summed E-state index contributed by atoms with van der Waals surface area (Å²) in [6.07, 6.45) is 1.34.